The Labute approximate surface area is 152 Å². The molecule has 26 heavy (non-hydrogen) atoms. The van der Waals surface area contributed by atoms with E-state index in [-0.39, 0.29) is 23.5 Å². The van der Waals surface area contributed by atoms with Crippen molar-refractivity contribution in [3.05, 3.63) is 47.7 Å². The molecule has 0 atom stereocenters. The van der Waals surface area contributed by atoms with Crippen molar-refractivity contribution in [1.29, 1.82) is 0 Å². The monoisotopic (exact) mass is 382 g/mol. The maximum Gasteiger partial charge on any atom is 0.416 e. The van der Waals surface area contributed by atoms with E-state index in [1.165, 1.54) is 17.6 Å². The van der Waals surface area contributed by atoms with Crippen LogP contribution in [0.4, 0.5) is 13.2 Å². The van der Waals surface area contributed by atoms with Crippen LogP contribution in [0.3, 0.4) is 0 Å². The number of rotatable bonds is 2. The standard InChI is InChI=1S/C19H19F3NO2S/c20-19(21,22)14-3-1-2-13(12-14)16-4-5-17(25-16)18(24)23-8-11-26-9-6-15(23)7-10-26/h1-5,12,15H,6-11H2/q+1. The summed E-state index contributed by atoms with van der Waals surface area (Å²) in [5.41, 5.74) is -0.415. The number of alkyl halides is 3. The van der Waals surface area contributed by atoms with Crippen LogP contribution >= 0.6 is 0 Å². The Morgan fingerprint density at radius 3 is 2.62 bits per heavy atom. The van der Waals surface area contributed by atoms with Crippen LogP contribution in [-0.2, 0) is 17.1 Å². The highest BCUT2D eigenvalue weighted by atomic mass is 32.2. The average molecular weight is 382 g/mol. The fourth-order valence-corrected chi connectivity index (χ4v) is 5.92. The van der Waals surface area contributed by atoms with Gasteiger partial charge in [0.05, 0.1) is 12.1 Å². The number of halogens is 3. The van der Waals surface area contributed by atoms with Crippen molar-refractivity contribution in [2.45, 2.75) is 25.1 Å². The zero-order chi connectivity index (χ0) is 18.3. The fourth-order valence-electron chi connectivity index (χ4n) is 3.64. The van der Waals surface area contributed by atoms with Gasteiger partial charge in [0.1, 0.15) is 23.0 Å². The molecule has 0 N–H and O–H groups in total. The van der Waals surface area contributed by atoms with E-state index < -0.39 is 11.7 Å². The second-order valence-electron chi connectivity index (χ2n) is 6.70. The Morgan fingerprint density at radius 2 is 1.88 bits per heavy atom. The van der Waals surface area contributed by atoms with E-state index in [4.69, 9.17) is 4.42 Å². The molecule has 1 aromatic heterocycles. The first-order chi connectivity index (χ1) is 12.4. The Kier molecular flexibility index (Phi) is 4.50. The van der Waals surface area contributed by atoms with Crippen LogP contribution in [0.25, 0.3) is 11.3 Å². The molecule has 0 aliphatic carbocycles. The highest BCUT2D eigenvalue weighted by Gasteiger charge is 2.39. The number of furan rings is 1. The topological polar surface area (TPSA) is 33.5 Å². The fraction of sp³-hybridized carbons (Fsp3) is 0.421. The Balaban J connectivity index is 1.57. The van der Waals surface area contributed by atoms with Gasteiger partial charge in [-0.25, -0.2) is 0 Å². The highest BCUT2D eigenvalue weighted by molar-refractivity contribution is 7.96. The second-order valence-corrected chi connectivity index (χ2v) is 9.15. The summed E-state index contributed by atoms with van der Waals surface area (Å²) in [6.45, 7) is 0.742. The van der Waals surface area contributed by atoms with Crippen LogP contribution in [0.2, 0.25) is 0 Å². The molecule has 5 rings (SSSR count). The summed E-state index contributed by atoms with van der Waals surface area (Å²) >= 11 is 0. The molecule has 2 bridgehead atoms. The number of hydrogen-bond donors (Lipinski definition) is 0. The van der Waals surface area contributed by atoms with Crippen molar-refractivity contribution in [1.82, 2.24) is 4.90 Å². The molecular formula is C19H19F3NO2S+. The van der Waals surface area contributed by atoms with Crippen molar-refractivity contribution in [2.75, 3.05) is 23.8 Å². The van der Waals surface area contributed by atoms with Crippen LogP contribution in [0.1, 0.15) is 29.0 Å². The number of carbonyl (C=O) groups excluding carboxylic acids is 1. The summed E-state index contributed by atoms with van der Waals surface area (Å²) in [6.07, 6.45) is -2.33. The number of hydrogen-bond acceptors (Lipinski definition) is 2. The molecule has 1 aromatic carbocycles. The molecule has 3 fully saturated rings. The van der Waals surface area contributed by atoms with Gasteiger partial charge in [0.2, 0.25) is 0 Å². The van der Waals surface area contributed by atoms with Crippen LogP contribution in [-0.4, -0.2) is 40.7 Å². The Morgan fingerprint density at radius 1 is 1.12 bits per heavy atom. The van der Waals surface area contributed by atoms with Gasteiger partial charge in [-0.05, 0) is 35.2 Å². The van der Waals surface area contributed by atoms with E-state index in [9.17, 15) is 18.0 Å². The molecule has 0 unspecified atom stereocenters. The maximum absolute atomic E-state index is 12.9. The summed E-state index contributed by atoms with van der Waals surface area (Å²) in [5, 5.41) is 0. The maximum atomic E-state index is 12.9. The van der Waals surface area contributed by atoms with Gasteiger partial charge < -0.3 is 9.32 Å². The van der Waals surface area contributed by atoms with Gasteiger partial charge in [0.25, 0.3) is 5.91 Å². The SMILES string of the molecule is O=C(c1ccc(-c2cccc(C(F)(F)F)c2)o1)N1CC[S+]2CCC1CC2. The molecule has 4 heterocycles. The largest absolute Gasteiger partial charge is 0.451 e. The Bertz CT molecular complexity index is 809. The number of nitrogens with zero attached hydrogens (tertiary/aromatic N) is 1. The van der Waals surface area contributed by atoms with Gasteiger partial charge in [-0.1, -0.05) is 12.1 Å². The molecule has 138 valence electrons. The zero-order valence-electron chi connectivity index (χ0n) is 14.1. The van der Waals surface area contributed by atoms with Crippen molar-refractivity contribution >= 4 is 16.8 Å². The van der Waals surface area contributed by atoms with Gasteiger partial charge in [-0.2, -0.15) is 13.2 Å². The second kappa shape index (κ2) is 6.68. The van der Waals surface area contributed by atoms with Gasteiger partial charge in [-0.15, -0.1) is 0 Å². The number of carbonyl (C=O) groups is 1. The molecule has 3 aliphatic heterocycles. The minimum Gasteiger partial charge on any atom is -0.451 e. The van der Waals surface area contributed by atoms with E-state index in [0.717, 1.165) is 37.3 Å². The highest BCUT2D eigenvalue weighted by Crippen LogP contribution is 2.33. The minimum atomic E-state index is -4.41. The first-order valence-electron chi connectivity index (χ1n) is 8.64. The van der Waals surface area contributed by atoms with Gasteiger partial charge in [0, 0.05) is 24.4 Å². The van der Waals surface area contributed by atoms with Gasteiger partial charge in [-0.3, -0.25) is 4.79 Å². The zero-order valence-corrected chi connectivity index (χ0v) is 14.9. The molecule has 3 saturated heterocycles. The lowest BCUT2D eigenvalue weighted by molar-refractivity contribution is -0.137. The molecular weight excluding hydrogens is 363 g/mol. The first kappa shape index (κ1) is 17.5. The van der Waals surface area contributed by atoms with E-state index in [1.54, 1.807) is 18.2 Å². The van der Waals surface area contributed by atoms with E-state index in [0.29, 0.717) is 16.5 Å². The molecule has 3 nitrogen and oxygen atoms in total. The van der Waals surface area contributed by atoms with Crippen molar-refractivity contribution < 1.29 is 22.4 Å². The lowest BCUT2D eigenvalue weighted by atomic mass is 10.1. The summed E-state index contributed by atoms with van der Waals surface area (Å²) in [6, 6.07) is 8.36. The van der Waals surface area contributed by atoms with Gasteiger partial charge in [0.15, 0.2) is 5.76 Å². The normalized spacial score (nSPS) is 23.1. The van der Waals surface area contributed by atoms with Gasteiger partial charge >= 0.3 is 6.18 Å². The van der Waals surface area contributed by atoms with E-state index >= 15 is 0 Å². The molecule has 2 aromatic rings. The van der Waals surface area contributed by atoms with Crippen LogP contribution < -0.4 is 0 Å². The molecule has 0 radical (unpaired) electrons. The summed E-state index contributed by atoms with van der Waals surface area (Å²) < 4.78 is 44.3. The van der Waals surface area contributed by atoms with Crippen molar-refractivity contribution in [2.24, 2.45) is 0 Å². The van der Waals surface area contributed by atoms with E-state index in [1.807, 2.05) is 4.90 Å². The third-order valence-corrected chi connectivity index (χ3v) is 7.48. The van der Waals surface area contributed by atoms with Crippen LogP contribution in [0.15, 0.2) is 40.8 Å². The van der Waals surface area contributed by atoms with Crippen LogP contribution in [0, 0.1) is 0 Å². The molecule has 3 aliphatic rings. The average Bonchev–Trinajstić information content (AvgIpc) is 2.94. The Hall–Kier alpha value is -1.89. The molecule has 1 amide bonds. The number of amides is 1. The summed E-state index contributed by atoms with van der Waals surface area (Å²) in [7, 11) is 0.437. The smallest absolute Gasteiger partial charge is 0.416 e. The third-order valence-electron chi connectivity index (χ3n) is 5.09. The predicted molar refractivity (Wildman–Crippen MR) is 95.2 cm³/mol. The summed E-state index contributed by atoms with van der Waals surface area (Å²) in [4.78, 5) is 14.8. The lowest BCUT2D eigenvalue weighted by Crippen LogP contribution is -2.41. The first-order valence-corrected chi connectivity index (χ1v) is 10.4. The summed E-state index contributed by atoms with van der Waals surface area (Å²) in [5.74, 6) is 3.76. The number of benzene rings is 1. The van der Waals surface area contributed by atoms with E-state index in [2.05, 4.69) is 0 Å². The van der Waals surface area contributed by atoms with Crippen LogP contribution in [0.5, 0.6) is 0 Å². The van der Waals surface area contributed by atoms with Crippen molar-refractivity contribution in [3.63, 3.8) is 0 Å². The van der Waals surface area contributed by atoms with Crippen molar-refractivity contribution in [3.8, 4) is 11.3 Å². The minimum absolute atomic E-state index is 0.152. The molecule has 0 saturated carbocycles. The third kappa shape index (κ3) is 3.37. The predicted octanol–water partition coefficient (Wildman–Crippen LogP) is 4.20. The quantitative estimate of drug-likeness (QED) is 0.730. The number of fused-ring (bicyclic) bond motifs is 4. The molecule has 0 spiro atoms. The lowest BCUT2D eigenvalue weighted by Gasteiger charge is -2.27. The molecule has 7 heteroatoms.